The van der Waals surface area contributed by atoms with Crippen molar-refractivity contribution in [1.82, 2.24) is 9.62 Å². The predicted octanol–water partition coefficient (Wildman–Crippen LogP) is 2.65. The number of hydrogen-bond acceptors (Lipinski definition) is 6. The van der Waals surface area contributed by atoms with Crippen molar-refractivity contribution in [3.05, 3.63) is 45.8 Å². The number of anilines is 1. The number of amides is 2. The van der Waals surface area contributed by atoms with Gasteiger partial charge in [0.15, 0.2) is 0 Å². The molecule has 8 nitrogen and oxygen atoms in total. The van der Waals surface area contributed by atoms with Crippen LogP contribution in [0.1, 0.15) is 50.4 Å². The van der Waals surface area contributed by atoms with Crippen molar-refractivity contribution in [1.29, 1.82) is 0 Å². The largest absolute Gasteiger partial charge is 0.377 e. The lowest BCUT2D eigenvalue weighted by Crippen LogP contribution is -2.34. The molecule has 1 unspecified atom stereocenters. The molecule has 1 fully saturated rings. The number of sulfonamides is 1. The van der Waals surface area contributed by atoms with Crippen LogP contribution in [0.5, 0.6) is 0 Å². The number of nitrogens with one attached hydrogen (secondary N) is 2. The van der Waals surface area contributed by atoms with Crippen molar-refractivity contribution in [2.75, 3.05) is 32.6 Å². The van der Waals surface area contributed by atoms with Gasteiger partial charge in [-0.2, -0.15) is 4.31 Å². The van der Waals surface area contributed by atoms with E-state index in [-0.39, 0.29) is 22.8 Å². The molecule has 1 atom stereocenters. The van der Waals surface area contributed by atoms with Gasteiger partial charge in [0, 0.05) is 37.7 Å². The van der Waals surface area contributed by atoms with Crippen LogP contribution in [0.2, 0.25) is 0 Å². The minimum absolute atomic E-state index is 0.0817. The Balaban J connectivity index is 1.49. The van der Waals surface area contributed by atoms with Crippen LogP contribution in [-0.4, -0.2) is 57.9 Å². The molecule has 10 heteroatoms. The summed E-state index contributed by atoms with van der Waals surface area (Å²) in [4.78, 5) is 26.5. The number of fused-ring (bicyclic) bond motifs is 1. The van der Waals surface area contributed by atoms with E-state index < -0.39 is 10.0 Å². The Morgan fingerprint density at radius 2 is 1.91 bits per heavy atom. The Morgan fingerprint density at radius 3 is 2.56 bits per heavy atom. The Bertz CT molecular complexity index is 1120. The fourth-order valence-electron chi connectivity index (χ4n) is 4.16. The first-order valence-corrected chi connectivity index (χ1v) is 12.9. The van der Waals surface area contributed by atoms with Gasteiger partial charge in [0.05, 0.1) is 16.6 Å². The smallest absolute Gasteiger partial charge is 0.256 e. The van der Waals surface area contributed by atoms with E-state index in [1.165, 1.54) is 47.0 Å². The molecule has 32 heavy (non-hydrogen) atoms. The number of rotatable bonds is 7. The van der Waals surface area contributed by atoms with E-state index in [9.17, 15) is 18.0 Å². The number of hydrogen-bond donors (Lipinski definition) is 2. The molecule has 0 radical (unpaired) electrons. The van der Waals surface area contributed by atoms with Crippen LogP contribution in [0.4, 0.5) is 5.00 Å². The summed E-state index contributed by atoms with van der Waals surface area (Å²) in [6.45, 7) is 0.965. The fraction of sp³-hybridized carbons (Fsp3) is 0.455. The maximum atomic E-state index is 12.9. The summed E-state index contributed by atoms with van der Waals surface area (Å²) < 4.78 is 32.5. The van der Waals surface area contributed by atoms with E-state index in [0.29, 0.717) is 29.3 Å². The molecule has 4 rings (SSSR count). The van der Waals surface area contributed by atoms with Crippen LogP contribution >= 0.6 is 11.3 Å². The summed E-state index contributed by atoms with van der Waals surface area (Å²) in [5.41, 5.74) is 1.87. The molecule has 2 N–H and O–H groups in total. The third-order valence-corrected chi connectivity index (χ3v) is 8.96. The maximum absolute atomic E-state index is 12.9. The van der Waals surface area contributed by atoms with Crippen LogP contribution in [0, 0.1) is 0 Å². The zero-order valence-electron chi connectivity index (χ0n) is 18.1. The highest BCUT2D eigenvalue weighted by molar-refractivity contribution is 7.89. The van der Waals surface area contributed by atoms with E-state index in [1.54, 1.807) is 7.05 Å². The molecule has 1 aliphatic carbocycles. The zero-order chi connectivity index (χ0) is 22.9. The molecule has 0 saturated carbocycles. The van der Waals surface area contributed by atoms with E-state index in [0.717, 1.165) is 42.5 Å². The van der Waals surface area contributed by atoms with Crippen molar-refractivity contribution in [2.24, 2.45) is 0 Å². The molecule has 1 saturated heterocycles. The molecule has 2 aromatic rings. The zero-order valence-corrected chi connectivity index (χ0v) is 19.8. The van der Waals surface area contributed by atoms with Crippen LogP contribution < -0.4 is 10.6 Å². The Hall–Kier alpha value is -2.27. The third kappa shape index (κ3) is 4.45. The first-order valence-electron chi connectivity index (χ1n) is 10.7. The summed E-state index contributed by atoms with van der Waals surface area (Å²) in [7, 11) is -0.569. The lowest BCUT2D eigenvalue weighted by atomic mass is 10.1. The third-order valence-electron chi connectivity index (χ3n) is 5.91. The molecule has 2 heterocycles. The van der Waals surface area contributed by atoms with Crippen LogP contribution in [0.25, 0.3) is 0 Å². The summed E-state index contributed by atoms with van der Waals surface area (Å²) in [6.07, 6.45) is 4.46. The topological polar surface area (TPSA) is 105 Å². The van der Waals surface area contributed by atoms with Gasteiger partial charge >= 0.3 is 0 Å². The molecule has 2 amide bonds. The highest BCUT2D eigenvalue weighted by Gasteiger charge is 2.28. The molecule has 172 valence electrons. The fourth-order valence-corrected chi connectivity index (χ4v) is 6.65. The normalized spacial score (nSPS) is 18.0. The molecule has 1 aromatic heterocycles. The Kier molecular flexibility index (Phi) is 6.66. The van der Waals surface area contributed by atoms with Gasteiger partial charge in [-0.15, -0.1) is 11.3 Å². The first-order chi connectivity index (χ1) is 15.3. The average Bonchev–Trinajstić information content (AvgIpc) is 3.51. The van der Waals surface area contributed by atoms with E-state index >= 15 is 0 Å². The van der Waals surface area contributed by atoms with Crippen LogP contribution in [-0.2, 0) is 27.6 Å². The molecule has 1 aromatic carbocycles. The summed E-state index contributed by atoms with van der Waals surface area (Å²) in [6, 6.07) is 5.85. The van der Waals surface area contributed by atoms with Crippen LogP contribution in [0.3, 0.4) is 0 Å². The average molecular weight is 478 g/mol. The second-order valence-electron chi connectivity index (χ2n) is 8.04. The van der Waals surface area contributed by atoms with E-state index in [4.69, 9.17) is 4.74 Å². The number of carbonyl (C=O) groups excluding carboxylic acids is 2. The number of likely N-dealkylation sites (N-methyl/N-ethyl adjacent to an activating group) is 1. The number of ether oxygens (including phenoxy) is 1. The van der Waals surface area contributed by atoms with Crippen molar-refractivity contribution >= 4 is 38.2 Å². The van der Waals surface area contributed by atoms with Crippen molar-refractivity contribution in [3.63, 3.8) is 0 Å². The van der Waals surface area contributed by atoms with Crippen LogP contribution in [0.15, 0.2) is 29.2 Å². The number of carbonyl (C=O) groups is 2. The van der Waals surface area contributed by atoms with Crippen molar-refractivity contribution < 1.29 is 22.7 Å². The SMILES string of the molecule is CNC(=O)c1c(NC(=O)c2ccc(S(=O)(=O)N(C)CC3CCCO3)cc2)sc2c1CCC2. The molecule has 2 aliphatic rings. The number of aryl methyl sites for hydroxylation is 1. The Labute approximate surface area is 192 Å². The van der Waals surface area contributed by atoms with Gasteiger partial charge < -0.3 is 15.4 Å². The molecular weight excluding hydrogens is 450 g/mol. The first kappa shape index (κ1) is 22.9. The lowest BCUT2D eigenvalue weighted by molar-refractivity contribution is 0.0963. The maximum Gasteiger partial charge on any atom is 0.256 e. The molecule has 0 spiro atoms. The highest BCUT2D eigenvalue weighted by atomic mass is 32.2. The molecule has 0 bridgehead atoms. The van der Waals surface area contributed by atoms with Crippen molar-refractivity contribution in [2.45, 2.75) is 43.1 Å². The van der Waals surface area contributed by atoms with Gasteiger partial charge in [-0.25, -0.2) is 8.42 Å². The van der Waals surface area contributed by atoms with E-state index in [1.807, 2.05) is 0 Å². The van der Waals surface area contributed by atoms with Gasteiger partial charge in [-0.1, -0.05) is 0 Å². The molecular formula is C22H27N3O5S2. The number of benzene rings is 1. The summed E-state index contributed by atoms with van der Waals surface area (Å²) in [5.74, 6) is -0.595. The summed E-state index contributed by atoms with van der Waals surface area (Å²) in [5, 5.41) is 6.02. The van der Waals surface area contributed by atoms with Crippen molar-refractivity contribution in [3.8, 4) is 0 Å². The van der Waals surface area contributed by atoms with E-state index in [2.05, 4.69) is 10.6 Å². The van der Waals surface area contributed by atoms with Gasteiger partial charge in [0.1, 0.15) is 5.00 Å². The number of nitrogens with zero attached hydrogens (tertiary/aromatic N) is 1. The van der Waals surface area contributed by atoms with Gasteiger partial charge in [-0.05, 0) is 61.9 Å². The van der Waals surface area contributed by atoms with Gasteiger partial charge in [-0.3, -0.25) is 9.59 Å². The highest BCUT2D eigenvalue weighted by Crippen LogP contribution is 2.39. The second-order valence-corrected chi connectivity index (χ2v) is 11.2. The lowest BCUT2D eigenvalue weighted by Gasteiger charge is -2.20. The number of thiophene rings is 1. The van der Waals surface area contributed by atoms with Gasteiger partial charge in [0.2, 0.25) is 10.0 Å². The predicted molar refractivity (Wildman–Crippen MR) is 123 cm³/mol. The second kappa shape index (κ2) is 9.30. The molecule has 1 aliphatic heterocycles. The quantitative estimate of drug-likeness (QED) is 0.638. The minimum atomic E-state index is -3.68. The van der Waals surface area contributed by atoms with Gasteiger partial charge in [0.25, 0.3) is 11.8 Å². The summed E-state index contributed by atoms with van der Waals surface area (Å²) >= 11 is 1.43. The standard InChI is InChI=1S/C22H27N3O5S2/c1-23-21(27)19-17-6-3-7-18(17)31-22(19)24-20(26)14-8-10-16(11-9-14)32(28,29)25(2)13-15-5-4-12-30-15/h8-11,15H,3-7,12-13H2,1-2H3,(H,23,27)(H,24,26). The monoisotopic (exact) mass is 477 g/mol. The Morgan fingerprint density at radius 1 is 1.16 bits per heavy atom. The minimum Gasteiger partial charge on any atom is -0.377 e.